The van der Waals surface area contributed by atoms with Gasteiger partial charge in [0.1, 0.15) is 0 Å². The van der Waals surface area contributed by atoms with Crippen LogP contribution in [0.2, 0.25) is 0 Å². The first-order chi connectivity index (χ1) is 5.95. The molecule has 0 unspecified atom stereocenters. The van der Waals surface area contributed by atoms with E-state index < -0.39 is 0 Å². The molecule has 1 aromatic carbocycles. The van der Waals surface area contributed by atoms with Gasteiger partial charge in [-0.25, -0.2) is 10.3 Å². The lowest BCUT2D eigenvalue weighted by atomic mass is 10.3. The fourth-order valence-corrected chi connectivity index (χ4v) is 1.44. The highest BCUT2D eigenvalue weighted by Crippen LogP contribution is 2.22. The van der Waals surface area contributed by atoms with Crippen molar-refractivity contribution in [2.24, 2.45) is 0 Å². The second-order valence-electron chi connectivity index (χ2n) is 2.70. The van der Waals surface area contributed by atoms with Crippen molar-refractivity contribution in [1.82, 2.24) is 14.9 Å². The maximum Gasteiger partial charge on any atom is 0.234 e. The number of hydrogen-bond donors (Lipinski definition) is 0. The van der Waals surface area contributed by atoms with Crippen LogP contribution >= 0.6 is 0 Å². The molecule has 3 heteroatoms. The highest BCUT2D eigenvalue weighted by molar-refractivity contribution is 5.81. The van der Waals surface area contributed by atoms with Gasteiger partial charge >= 0.3 is 0 Å². The Labute approximate surface area is 69.3 Å². The van der Waals surface area contributed by atoms with Gasteiger partial charge in [-0.1, -0.05) is 12.1 Å². The minimum absolute atomic E-state index is 0.774. The van der Waals surface area contributed by atoms with Crippen molar-refractivity contribution in [1.29, 1.82) is 0 Å². The average Bonchev–Trinajstić information content (AvgIpc) is 2.62. The summed E-state index contributed by atoms with van der Waals surface area (Å²) in [6.45, 7) is 0. The number of imidazole rings is 1. The normalized spacial score (nSPS) is 13.3. The molecule has 2 aromatic rings. The minimum Gasteiger partial charge on any atom is -0.282 e. The summed E-state index contributed by atoms with van der Waals surface area (Å²) >= 11 is 0. The van der Waals surface area contributed by atoms with Gasteiger partial charge in [-0.05, 0) is 12.1 Å². The summed E-state index contributed by atoms with van der Waals surface area (Å²) in [5, 5.41) is 4.11. The molecule has 1 aromatic heterocycles. The molecule has 0 amide bonds. The van der Waals surface area contributed by atoms with E-state index in [9.17, 15) is 0 Å². The summed E-state index contributed by atoms with van der Waals surface area (Å²) in [5.74, 6) is 0.774. The maximum atomic E-state index is 4.33. The number of rotatable bonds is 0. The van der Waals surface area contributed by atoms with Gasteiger partial charge in [-0.3, -0.25) is 4.57 Å². The zero-order chi connectivity index (χ0) is 7.97. The molecule has 12 heavy (non-hydrogen) atoms. The van der Waals surface area contributed by atoms with Crippen LogP contribution in [0.1, 0.15) is 0 Å². The first-order valence-electron chi connectivity index (χ1n) is 3.80. The van der Waals surface area contributed by atoms with Crippen LogP contribution < -0.4 is 5.32 Å². The van der Waals surface area contributed by atoms with E-state index in [1.165, 1.54) is 0 Å². The molecule has 1 radical (unpaired) electrons. The van der Waals surface area contributed by atoms with Crippen LogP contribution in [-0.4, -0.2) is 9.55 Å². The van der Waals surface area contributed by atoms with E-state index >= 15 is 0 Å². The first kappa shape index (κ1) is 5.83. The first-order valence-corrected chi connectivity index (χ1v) is 3.80. The van der Waals surface area contributed by atoms with Crippen molar-refractivity contribution in [3.8, 4) is 0 Å². The number of nitrogens with zero attached hydrogens (tertiary/aromatic N) is 3. The molecule has 0 aliphatic carbocycles. The van der Waals surface area contributed by atoms with E-state index in [4.69, 9.17) is 0 Å². The molecule has 0 saturated heterocycles. The van der Waals surface area contributed by atoms with Crippen molar-refractivity contribution >= 4 is 23.2 Å². The third-order valence-corrected chi connectivity index (χ3v) is 1.98. The number of benzene rings is 1. The summed E-state index contributed by atoms with van der Waals surface area (Å²) in [6.07, 6.45) is 3.68. The van der Waals surface area contributed by atoms with Crippen LogP contribution in [0.25, 0.3) is 17.2 Å². The van der Waals surface area contributed by atoms with Crippen LogP contribution in [0.5, 0.6) is 0 Å². The van der Waals surface area contributed by atoms with Crippen LogP contribution in [0.15, 0.2) is 30.5 Å². The van der Waals surface area contributed by atoms with Gasteiger partial charge in [-0.15, -0.1) is 0 Å². The fraction of sp³-hybridized carbons (Fsp3) is 0. The Kier molecular flexibility index (Phi) is 0.913. The van der Waals surface area contributed by atoms with Gasteiger partial charge in [0.25, 0.3) is 0 Å². The van der Waals surface area contributed by atoms with Crippen molar-refractivity contribution in [2.75, 3.05) is 0 Å². The third-order valence-electron chi connectivity index (χ3n) is 1.98. The SMILES string of the molecule is C1=Cn2c(nc3ccccc32)[N]1. The molecule has 1 aliphatic rings. The summed E-state index contributed by atoms with van der Waals surface area (Å²) < 4.78 is 1.98. The average molecular weight is 156 g/mol. The maximum absolute atomic E-state index is 4.33. The van der Waals surface area contributed by atoms with Crippen LogP contribution in [0.3, 0.4) is 0 Å². The van der Waals surface area contributed by atoms with Crippen LogP contribution in [0, 0.1) is 0 Å². The van der Waals surface area contributed by atoms with E-state index in [2.05, 4.69) is 10.3 Å². The number of fused-ring (bicyclic) bond motifs is 3. The van der Waals surface area contributed by atoms with E-state index in [0.717, 1.165) is 17.0 Å². The molecular formula is C9H6N3. The summed E-state index contributed by atoms with van der Waals surface area (Å²) in [4.78, 5) is 4.33. The second-order valence-corrected chi connectivity index (χ2v) is 2.70. The highest BCUT2D eigenvalue weighted by atomic mass is 15.2. The monoisotopic (exact) mass is 156 g/mol. The molecule has 0 saturated carbocycles. The Morgan fingerprint density at radius 1 is 1.17 bits per heavy atom. The Balaban J connectivity index is 2.51. The van der Waals surface area contributed by atoms with Crippen molar-refractivity contribution in [3.63, 3.8) is 0 Å². The van der Waals surface area contributed by atoms with E-state index in [1.807, 2.05) is 35.0 Å². The van der Waals surface area contributed by atoms with E-state index in [0.29, 0.717) is 0 Å². The van der Waals surface area contributed by atoms with Gasteiger partial charge in [0, 0.05) is 12.4 Å². The largest absolute Gasteiger partial charge is 0.282 e. The predicted octanol–water partition coefficient (Wildman–Crippen LogP) is 1.71. The molecule has 0 N–H and O–H groups in total. The molecule has 1 aliphatic heterocycles. The number of hydrogen-bond acceptors (Lipinski definition) is 1. The predicted molar refractivity (Wildman–Crippen MR) is 46.9 cm³/mol. The van der Waals surface area contributed by atoms with E-state index in [1.54, 1.807) is 6.20 Å². The quantitative estimate of drug-likeness (QED) is 0.571. The van der Waals surface area contributed by atoms with Gasteiger partial charge in [0.2, 0.25) is 5.95 Å². The fourth-order valence-electron chi connectivity index (χ4n) is 1.44. The van der Waals surface area contributed by atoms with Gasteiger partial charge < -0.3 is 0 Å². The minimum atomic E-state index is 0.774. The topological polar surface area (TPSA) is 31.9 Å². The molecule has 2 heterocycles. The summed E-state index contributed by atoms with van der Waals surface area (Å²) in [6, 6.07) is 8.01. The van der Waals surface area contributed by atoms with Gasteiger partial charge in [0.05, 0.1) is 11.0 Å². The smallest absolute Gasteiger partial charge is 0.234 e. The lowest BCUT2D eigenvalue weighted by Gasteiger charge is -1.91. The molecule has 0 spiro atoms. The molecule has 3 nitrogen and oxygen atoms in total. The molecule has 0 bridgehead atoms. The molecule has 0 fully saturated rings. The second kappa shape index (κ2) is 1.88. The molecule has 0 atom stereocenters. The Bertz CT molecular complexity index is 468. The van der Waals surface area contributed by atoms with Crippen molar-refractivity contribution in [3.05, 3.63) is 30.5 Å². The Hall–Kier alpha value is -1.77. The van der Waals surface area contributed by atoms with Crippen molar-refractivity contribution in [2.45, 2.75) is 0 Å². The molecule has 57 valence electrons. The van der Waals surface area contributed by atoms with Crippen LogP contribution in [0.4, 0.5) is 5.95 Å². The summed E-state index contributed by atoms with van der Waals surface area (Å²) in [5.41, 5.74) is 2.12. The third kappa shape index (κ3) is 0.580. The van der Waals surface area contributed by atoms with Gasteiger partial charge in [0.15, 0.2) is 0 Å². The zero-order valence-electron chi connectivity index (χ0n) is 6.31. The van der Waals surface area contributed by atoms with Crippen LogP contribution in [-0.2, 0) is 0 Å². The lowest BCUT2D eigenvalue weighted by Crippen LogP contribution is -1.84. The lowest BCUT2D eigenvalue weighted by molar-refractivity contribution is 1.07. The standard InChI is InChI=1S/C9H6N3/c1-2-4-8-7(3-1)11-9-10-5-6-12(8)9/h1-6H. The molecular weight excluding hydrogens is 150 g/mol. The number of para-hydroxylation sites is 2. The molecule has 3 rings (SSSR count). The van der Waals surface area contributed by atoms with Gasteiger partial charge in [-0.2, -0.15) is 0 Å². The zero-order valence-corrected chi connectivity index (χ0v) is 6.31. The van der Waals surface area contributed by atoms with E-state index in [-0.39, 0.29) is 0 Å². The number of aromatic nitrogens is 2. The summed E-state index contributed by atoms with van der Waals surface area (Å²) in [7, 11) is 0. The Morgan fingerprint density at radius 2 is 2.08 bits per heavy atom. The van der Waals surface area contributed by atoms with Crippen molar-refractivity contribution < 1.29 is 0 Å². The Morgan fingerprint density at radius 3 is 3.08 bits per heavy atom. The highest BCUT2D eigenvalue weighted by Gasteiger charge is 2.11.